The molecule has 0 atom stereocenters. The Hall–Kier alpha value is -1.14. The lowest BCUT2D eigenvalue weighted by Crippen LogP contribution is -2.20. The number of aromatic nitrogens is 3. The Morgan fingerprint density at radius 3 is 2.79 bits per heavy atom. The fourth-order valence-corrected chi connectivity index (χ4v) is 1.11. The Labute approximate surface area is 83.7 Å². The van der Waals surface area contributed by atoms with Gasteiger partial charge in [-0.1, -0.05) is 0 Å². The summed E-state index contributed by atoms with van der Waals surface area (Å²) in [6.45, 7) is 2.23. The van der Waals surface area contributed by atoms with Crippen LogP contribution in [0.2, 0.25) is 0 Å². The maximum Gasteiger partial charge on any atom is 0.224 e. The quantitative estimate of drug-likeness (QED) is 0.610. The molecule has 1 heterocycles. The first-order valence-electron chi connectivity index (χ1n) is 4.55. The molecule has 2 N–H and O–H groups in total. The Balaban J connectivity index is 2.39. The van der Waals surface area contributed by atoms with Gasteiger partial charge in [0.15, 0.2) is 0 Å². The van der Waals surface area contributed by atoms with E-state index < -0.39 is 0 Å². The minimum Gasteiger partial charge on any atom is -0.383 e. The van der Waals surface area contributed by atoms with Gasteiger partial charge in [-0.05, 0) is 0 Å². The molecule has 0 radical (unpaired) electrons. The summed E-state index contributed by atoms with van der Waals surface area (Å²) in [7, 11) is 5.44. The molecule has 1 rings (SSSR count). The van der Waals surface area contributed by atoms with E-state index in [4.69, 9.17) is 4.74 Å². The Morgan fingerprint density at radius 2 is 2.21 bits per heavy atom. The van der Waals surface area contributed by atoms with Crippen molar-refractivity contribution in [3.63, 3.8) is 0 Å². The first-order chi connectivity index (χ1) is 6.79. The summed E-state index contributed by atoms with van der Waals surface area (Å²) < 4.78 is 6.84. The van der Waals surface area contributed by atoms with Crippen molar-refractivity contribution in [2.24, 2.45) is 7.05 Å². The lowest BCUT2D eigenvalue weighted by atomic mass is 10.5. The van der Waals surface area contributed by atoms with Crippen molar-refractivity contribution in [2.75, 3.05) is 32.6 Å². The highest BCUT2D eigenvalue weighted by atomic mass is 16.5. The van der Waals surface area contributed by atoms with Crippen LogP contribution in [0.15, 0.2) is 0 Å². The molecular formula is C8H17N5O. The van der Waals surface area contributed by atoms with Gasteiger partial charge < -0.3 is 15.4 Å². The van der Waals surface area contributed by atoms with Gasteiger partial charge in [-0.15, -0.1) is 10.2 Å². The molecule has 1 aromatic rings. The zero-order chi connectivity index (χ0) is 10.4. The lowest BCUT2D eigenvalue weighted by Gasteiger charge is -2.04. The van der Waals surface area contributed by atoms with Crippen LogP contribution < -0.4 is 10.6 Å². The summed E-state index contributed by atoms with van der Waals surface area (Å²) in [5.74, 6) is 1.68. The van der Waals surface area contributed by atoms with Gasteiger partial charge in [-0.2, -0.15) is 0 Å². The average molecular weight is 199 g/mol. The molecule has 0 bridgehead atoms. The highest BCUT2D eigenvalue weighted by Crippen LogP contribution is 2.02. The molecule has 80 valence electrons. The second-order valence-electron chi connectivity index (χ2n) is 2.92. The number of hydrogen-bond donors (Lipinski definition) is 2. The Morgan fingerprint density at radius 1 is 1.43 bits per heavy atom. The number of nitrogens with zero attached hydrogens (tertiary/aromatic N) is 3. The minimum atomic E-state index is 0.703. The standard InChI is InChI=1S/C8H17N5O/c1-9-8-12-11-7(13(8)2)6-10-4-5-14-3/h10H,4-6H2,1-3H3,(H,9,12). The van der Waals surface area contributed by atoms with E-state index in [0.717, 1.165) is 18.3 Å². The molecule has 6 heteroatoms. The molecular weight excluding hydrogens is 182 g/mol. The predicted octanol–water partition coefficient (Wildman–Crippen LogP) is -0.407. The first kappa shape index (κ1) is 10.9. The van der Waals surface area contributed by atoms with Crippen LogP contribution in [0.5, 0.6) is 0 Å². The van der Waals surface area contributed by atoms with Crippen LogP contribution >= 0.6 is 0 Å². The molecule has 0 spiro atoms. The molecule has 0 aliphatic rings. The van der Waals surface area contributed by atoms with E-state index in [1.807, 2.05) is 18.7 Å². The number of anilines is 1. The third-order valence-electron chi connectivity index (χ3n) is 1.95. The number of methoxy groups -OCH3 is 1. The maximum atomic E-state index is 4.92. The maximum absolute atomic E-state index is 4.92. The van der Waals surface area contributed by atoms with Gasteiger partial charge in [0.05, 0.1) is 13.2 Å². The normalized spacial score (nSPS) is 10.5. The van der Waals surface area contributed by atoms with Gasteiger partial charge >= 0.3 is 0 Å². The van der Waals surface area contributed by atoms with E-state index in [-0.39, 0.29) is 0 Å². The number of hydrogen-bond acceptors (Lipinski definition) is 5. The smallest absolute Gasteiger partial charge is 0.224 e. The van der Waals surface area contributed by atoms with Crippen LogP contribution in [0.3, 0.4) is 0 Å². The summed E-state index contributed by atoms with van der Waals surface area (Å²) >= 11 is 0. The molecule has 14 heavy (non-hydrogen) atoms. The zero-order valence-electron chi connectivity index (χ0n) is 8.87. The van der Waals surface area contributed by atoms with E-state index in [9.17, 15) is 0 Å². The fraction of sp³-hybridized carbons (Fsp3) is 0.750. The summed E-state index contributed by atoms with van der Waals surface area (Å²) in [6, 6.07) is 0. The summed E-state index contributed by atoms with van der Waals surface area (Å²) in [4.78, 5) is 0. The highest BCUT2D eigenvalue weighted by Gasteiger charge is 2.05. The lowest BCUT2D eigenvalue weighted by molar-refractivity contribution is 0.199. The summed E-state index contributed by atoms with van der Waals surface area (Å²) in [6.07, 6.45) is 0. The van der Waals surface area contributed by atoms with Crippen LogP contribution in [0.1, 0.15) is 5.82 Å². The molecule has 0 unspecified atom stereocenters. The summed E-state index contributed by atoms with van der Waals surface area (Å²) in [5, 5.41) is 14.2. The van der Waals surface area contributed by atoms with Crippen molar-refractivity contribution in [1.82, 2.24) is 20.1 Å². The molecule has 1 aromatic heterocycles. The van der Waals surface area contributed by atoms with Crippen molar-refractivity contribution in [2.45, 2.75) is 6.54 Å². The van der Waals surface area contributed by atoms with E-state index in [2.05, 4.69) is 20.8 Å². The van der Waals surface area contributed by atoms with Crippen molar-refractivity contribution >= 4 is 5.95 Å². The van der Waals surface area contributed by atoms with Crippen LogP contribution in [-0.4, -0.2) is 42.1 Å². The van der Waals surface area contributed by atoms with Crippen LogP contribution in [0, 0.1) is 0 Å². The SMILES string of the molecule is CNc1nnc(CNCCOC)n1C. The van der Waals surface area contributed by atoms with Crippen molar-refractivity contribution in [3.8, 4) is 0 Å². The molecule has 0 saturated heterocycles. The number of rotatable bonds is 6. The molecule has 0 saturated carbocycles. The van der Waals surface area contributed by atoms with E-state index in [1.165, 1.54) is 0 Å². The monoisotopic (exact) mass is 199 g/mol. The van der Waals surface area contributed by atoms with Gasteiger partial charge in [0.2, 0.25) is 5.95 Å². The Kier molecular flexibility index (Phi) is 4.34. The molecule has 0 fully saturated rings. The Bertz CT molecular complexity index is 273. The second kappa shape index (κ2) is 5.56. The molecule has 0 aliphatic carbocycles. The predicted molar refractivity (Wildman–Crippen MR) is 54.1 cm³/mol. The van der Waals surface area contributed by atoms with Gasteiger partial charge in [0.1, 0.15) is 5.82 Å². The van der Waals surface area contributed by atoms with Crippen LogP contribution in [0.25, 0.3) is 0 Å². The first-order valence-corrected chi connectivity index (χ1v) is 4.55. The molecule has 0 aromatic carbocycles. The topological polar surface area (TPSA) is 64.0 Å². The fourth-order valence-electron chi connectivity index (χ4n) is 1.11. The minimum absolute atomic E-state index is 0.703. The van der Waals surface area contributed by atoms with Gasteiger partial charge in [0, 0.05) is 27.7 Å². The largest absolute Gasteiger partial charge is 0.383 e. The third kappa shape index (κ3) is 2.68. The van der Waals surface area contributed by atoms with E-state index in [0.29, 0.717) is 13.2 Å². The number of ether oxygens (including phenoxy) is 1. The highest BCUT2D eigenvalue weighted by molar-refractivity contribution is 5.23. The molecule has 0 amide bonds. The van der Waals surface area contributed by atoms with Crippen LogP contribution in [-0.2, 0) is 18.3 Å². The van der Waals surface area contributed by atoms with E-state index >= 15 is 0 Å². The zero-order valence-corrected chi connectivity index (χ0v) is 8.87. The molecule has 0 aliphatic heterocycles. The average Bonchev–Trinajstić information content (AvgIpc) is 2.55. The summed E-state index contributed by atoms with van der Waals surface area (Å²) in [5.41, 5.74) is 0. The van der Waals surface area contributed by atoms with Gasteiger partial charge in [-0.25, -0.2) is 0 Å². The van der Waals surface area contributed by atoms with Crippen molar-refractivity contribution < 1.29 is 4.74 Å². The third-order valence-corrected chi connectivity index (χ3v) is 1.95. The number of nitrogens with one attached hydrogen (secondary N) is 2. The van der Waals surface area contributed by atoms with E-state index in [1.54, 1.807) is 7.11 Å². The van der Waals surface area contributed by atoms with Gasteiger partial charge in [0.25, 0.3) is 0 Å². The van der Waals surface area contributed by atoms with Crippen LogP contribution in [0.4, 0.5) is 5.95 Å². The van der Waals surface area contributed by atoms with Crippen molar-refractivity contribution in [1.29, 1.82) is 0 Å². The van der Waals surface area contributed by atoms with Gasteiger partial charge in [-0.3, -0.25) is 4.57 Å². The van der Waals surface area contributed by atoms with Crippen molar-refractivity contribution in [3.05, 3.63) is 5.82 Å². The molecule has 6 nitrogen and oxygen atoms in total. The second-order valence-corrected chi connectivity index (χ2v) is 2.92.